The Morgan fingerprint density at radius 2 is 2.00 bits per heavy atom. The van der Waals surface area contributed by atoms with Gasteiger partial charge in [0.05, 0.1) is 5.69 Å². The number of pyridine rings is 1. The third-order valence-electron chi connectivity index (χ3n) is 4.11. The molecule has 120 valence electrons. The summed E-state index contributed by atoms with van der Waals surface area (Å²) in [5.74, 6) is 2.13. The summed E-state index contributed by atoms with van der Waals surface area (Å²) in [5, 5.41) is 3.09. The van der Waals surface area contributed by atoms with E-state index in [1.807, 2.05) is 53.1 Å². The Labute approximate surface area is 141 Å². The van der Waals surface area contributed by atoms with Crippen LogP contribution in [0, 0.1) is 0 Å². The van der Waals surface area contributed by atoms with Crippen molar-refractivity contribution in [3.8, 4) is 11.1 Å². The smallest absolute Gasteiger partial charge is 0.321 e. The van der Waals surface area contributed by atoms with Crippen molar-refractivity contribution in [2.75, 3.05) is 23.4 Å². The van der Waals surface area contributed by atoms with Gasteiger partial charge in [0.25, 0.3) is 0 Å². The first-order valence-corrected chi connectivity index (χ1v) is 9.06. The average molecular weight is 327 g/mol. The second kappa shape index (κ2) is 7.51. The van der Waals surface area contributed by atoms with Crippen LogP contribution in [0.1, 0.15) is 13.3 Å². The lowest BCUT2D eigenvalue weighted by Crippen LogP contribution is -2.42. The number of rotatable bonds is 2. The second-order valence-electron chi connectivity index (χ2n) is 5.66. The molecule has 5 heteroatoms. The lowest BCUT2D eigenvalue weighted by Gasteiger charge is -2.27. The van der Waals surface area contributed by atoms with E-state index >= 15 is 0 Å². The summed E-state index contributed by atoms with van der Waals surface area (Å²) in [7, 11) is 0. The maximum Gasteiger partial charge on any atom is 0.322 e. The van der Waals surface area contributed by atoms with Crippen molar-refractivity contribution >= 4 is 23.5 Å². The SMILES string of the molecule is CC1CCSCCN1C(=O)Nc1ccccc1-c1ccncc1. The molecule has 23 heavy (non-hydrogen) atoms. The summed E-state index contributed by atoms with van der Waals surface area (Å²) in [6.45, 7) is 2.93. The molecule has 1 aromatic carbocycles. The molecule has 0 spiro atoms. The molecule has 1 unspecified atom stereocenters. The van der Waals surface area contributed by atoms with Crippen LogP contribution in [-0.4, -0.2) is 40.0 Å². The van der Waals surface area contributed by atoms with Crippen LogP contribution in [0.25, 0.3) is 11.1 Å². The van der Waals surface area contributed by atoms with Gasteiger partial charge in [0.1, 0.15) is 0 Å². The van der Waals surface area contributed by atoms with Gasteiger partial charge >= 0.3 is 6.03 Å². The third-order valence-corrected chi connectivity index (χ3v) is 5.11. The summed E-state index contributed by atoms with van der Waals surface area (Å²) in [6, 6.07) is 12.1. The monoisotopic (exact) mass is 327 g/mol. The van der Waals surface area contributed by atoms with Crippen LogP contribution >= 0.6 is 11.8 Å². The van der Waals surface area contributed by atoms with Gasteiger partial charge in [-0.25, -0.2) is 4.79 Å². The molecule has 2 heterocycles. The minimum absolute atomic E-state index is 0.0125. The highest BCUT2D eigenvalue weighted by atomic mass is 32.2. The number of nitrogens with one attached hydrogen (secondary N) is 1. The molecule has 0 radical (unpaired) electrons. The lowest BCUT2D eigenvalue weighted by atomic mass is 10.1. The first kappa shape index (κ1) is 15.9. The van der Waals surface area contributed by atoms with Gasteiger partial charge in [0.15, 0.2) is 0 Å². The fourth-order valence-corrected chi connectivity index (χ4v) is 3.80. The molecule has 1 aromatic heterocycles. The van der Waals surface area contributed by atoms with Gasteiger partial charge in [0.2, 0.25) is 0 Å². The molecule has 4 nitrogen and oxygen atoms in total. The van der Waals surface area contributed by atoms with Crippen molar-refractivity contribution in [1.82, 2.24) is 9.88 Å². The molecule has 1 atom stereocenters. The first-order chi connectivity index (χ1) is 11.3. The van der Waals surface area contributed by atoms with Gasteiger partial charge < -0.3 is 10.2 Å². The van der Waals surface area contributed by atoms with Crippen molar-refractivity contribution in [3.05, 3.63) is 48.8 Å². The maximum atomic E-state index is 12.7. The highest BCUT2D eigenvalue weighted by molar-refractivity contribution is 7.99. The summed E-state index contributed by atoms with van der Waals surface area (Å²) >= 11 is 1.92. The molecule has 0 saturated carbocycles. The first-order valence-electron chi connectivity index (χ1n) is 7.90. The molecular formula is C18H21N3OS. The number of urea groups is 1. The lowest BCUT2D eigenvalue weighted by molar-refractivity contribution is 0.197. The van der Waals surface area contributed by atoms with Crippen LogP contribution in [0.4, 0.5) is 10.5 Å². The Bertz CT molecular complexity index is 662. The van der Waals surface area contributed by atoms with Crippen LogP contribution in [0.5, 0.6) is 0 Å². The fraction of sp³-hybridized carbons (Fsp3) is 0.333. The predicted octanol–water partition coefficient (Wildman–Crippen LogP) is 4.11. The molecule has 1 aliphatic rings. The zero-order valence-electron chi connectivity index (χ0n) is 13.2. The molecule has 0 aliphatic carbocycles. The number of amides is 2. The van der Waals surface area contributed by atoms with Crippen LogP contribution in [0.3, 0.4) is 0 Å². The maximum absolute atomic E-state index is 12.7. The van der Waals surface area contributed by atoms with Crippen molar-refractivity contribution < 1.29 is 4.79 Å². The predicted molar refractivity (Wildman–Crippen MR) is 96.8 cm³/mol. The number of hydrogen-bond acceptors (Lipinski definition) is 3. The largest absolute Gasteiger partial charge is 0.322 e. The number of benzene rings is 1. The summed E-state index contributed by atoms with van der Waals surface area (Å²) in [4.78, 5) is 18.7. The fourth-order valence-electron chi connectivity index (χ4n) is 2.76. The van der Waals surface area contributed by atoms with E-state index in [1.165, 1.54) is 0 Å². The topological polar surface area (TPSA) is 45.2 Å². The van der Waals surface area contributed by atoms with Gasteiger partial charge in [-0.3, -0.25) is 4.98 Å². The molecule has 1 saturated heterocycles. The Balaban J connectivity index is 1.81. The number of aromatic nitrogens is 1. The molecule has 3 rings (SSSR count). The Kier molecular flexibility index (Phi) is 5.18. The highest BCUT2D eigenvalue weighted by Gasteiger charge is 2.22. The molecule has 1 N–H and O–H groups in total. The van der Waals surface area contributed by atoms with Gasteiger partial charge in [-0.15, -0.1) is 0 Å². The van der Waals surface area contributed by atoms with E-state index < -0.39 is 0 Å². The van der Waals surface area contributed by atoms with Gasteiger partial charge in [-0.1, -0.05) is 18.2 Å². The second-order valence-corrected chi connectivity index (χ2v) is 6.88. The van der Waals surface area contributed by atoms with Gasteiger partial charge in [-0.05, 0) is 42.9 Å². The van der Waals surface area contributed by atoms with Crippen LogP contribution in [0.15, 0.2) is 48.8 Å². The zero-order valence-corrected chi connectivity index (χ0v) is 14.1. The van der Waals surface area contributed by atoms with Crippen molar-refractivity contribution in [2.45, 2.75) is 19.4 Å². The van der Waals surface area contributed by atoms with Crippen LogP contribution < -0.4 is 5.32 Å². The number of nitrogens with zero attached hydrogens (tertiary/aromatic N) is 2. The van der Waals surface area contributed by atoms with E-state index in [9.17, 15) is 4.79 Å². The van der Waals surface area contributed by atoms with Gasteiger partial charge in [-0.2, -0.15) is 11.8 Å². The van der Waals surface area contributed by atoms with E-state index in [1.54, 1.807) is 12.4 Å². The third kappa shape index (κ3) is 3.85. The normalized spacial score (nSPS) is 18.3. The molecule has 2 aromatic rings. The number of anilines is 1. The minimum atomic E-state index is -0.0125. The zero-order chi connectivity index (χ0) is 16.1. The summed E-state index contributed by atoms with van der Waals surface area (Å²) in [6.07, 6.45) is 4.58. The number of thioether (sulfide) groups is 1. The number of para-hydroxylation sites is 1. The molecular weight excluding hydrogens is 306 g/mol. The summed E-state index contributed by atoms with van der Waals surface area (Å²) < 4.78 is 0. The van der Waals surface area contributed by atoms with E-state index in [0.717, 1.165) is 41.3 Å². The average Bonchev–Trinajstić information content (AvgIpc) is 2.80. The van der Waals surface area contributed by atoms with Crippen LogP contribution in [-0.2, 0) is 0 Å². The highest BCUT2D eigenvalue weighted by Crippen LogP contribution is 2.28. The minimum Gasteiger partial charge on any atom is -0.321 e. The van der Waals surface area contributed by atoms with Gasteiger partial charge in [0, 0.05) is 36.3 Å². The Hall–Kier alpha value is -2.01. The van der Waals surface area contributed by atoms with E-state index in [2.05, 4.69) is 17.2 Å². The Morgan fingerprint density at radius 1 is 1.22 bits per heavy atom. The van der Waals surface area contributed by atoms with Crippen molar-refractivity contribution in [3.63, 3.8) is 0 Å². The molecule has 2 amide bonds. The summed E-state index contributed by atoms with van der Waals surface area (Å²) in [5.41, 5.74) is 2.91. The molecule has 0 bridgehead atoms. The van der Waals surface area contributed by atoms with E-state index in [4.69, 9.17) is 0 Å². The van der Waals surface area contributed by atoms with E-state index in [-0.39, 0.29) is 12.1 Å². The van der Waals surface area contributed by atoms with E-state index in [0.29, 0.717) is 0 Å². The molecule has 1 fully saturated rings. The van der Waals surface area contributed by atoms with Crippen molar-refractivity contribution in [2.24, 2.45) is 0 Å². The van der Waals surface area contributed by atoms with Crippen molar-refractivity contribution in [1.29, 1.82) is 0 Å². The number of carbonyl (C=O) groups excluding carboxylic acids is 1. The number of carbonyl (C=O) groups is 1. The Morgan fingerprint density at radius 3 is 2.83 bits per heavy atom. The molecule has 1 aliphatic heterocycles. The standard InChI is InChI=1S/C18H21N3OS/c1-14-8-12-23-13-11-21(14)18(22)20-17-5-3-2-4-16(17)15-6-9-19-10-7-15/h2-7,9-10,14H,8,11-13H2,1H3,(H,20,22). The van der Waals surface area contributed by atoms with Crippen LogP contribution in [0.2, 0.25) is 0 Å². The quantitative estimate of drug-likeness (QED) is 0.903. The number of hydrogen-bond donors (Lipinski definition) is 1.